The first-order chi connectivity index (χ1) is 10.1. The van der Waals surface area contributed by atoms with Gasteiger partial charge in [0.15, 0.2) is 0 Å². The van der Waals surface area contributed by atoms with Crippen LogP contribution in [0, 0.1) is 0 Å². The van der Waals surface area contributed by atoms with Gasteiger partial charge in [-0.3, -0.25) is 0 Å². The van der Waals surface area contributed by atoms with Crippen LogP contribution in [0.1, 0.15) is 17.5 Å². The van der Waals surface area contributed by atoms with Gasteiger partial charge in [-0.05, 0) is 57.2 Å². The average molecular weight is 348 g/mol. The number of hydrogen-bond donors (Lipinski definition) is 0. The van der Waals surface area contributed by atoms with E-state index in [4.69, 9.17) is 4.74 Å². The highest BCUT2D eigenvalue weighted by molar-refractivity contribution is 9.10. The fourth-order valence-corrected chi connectivity index (χ4v) is 2.53. The van der Waals surface area contributed by atoms with Crippen molar-refractivity contribution in [2.45, 2.75) is 19.4 Å². The summed E-state index contributed by atoms with van der Waals surface area (Å²) in [7, 11) is 4.22. The summed E-state index contributed by atoms with van der Waals surface area (Å²) in [6.45, 7) is 1.71. The minimum atomic E-state index is 0.585. The third kappa shape index (κ3) is 5.52. The molecule has 0 N–H and O–H groups in total. The normalized spacial score (nSPS) is 10.9. The largest absolute Gasteiger partial charge is 0.489 e. The van der Waals surface area contributed by atoms with Crippen LogP contribution in [0.25, 0.3) is 0 Å². The first-order valence-corrected chi connectivity index (χ1v) is 8.04. The van der Waals surface area contributed by atoms with Crippen LogP contribution in [0.4, 0.5) is 0 Å². The van der Waals surface area contributed by atoms with Crippen LogP contribution < -0.4 is 4.74 Å². The molecule has 0 fully saturated rings. The lowest BCUT2D eigenvalue weighted by Crippen LogP contribution is -2.13. The summed E-state index contributed by atoms with van der Waals surface area (Å²) in [5.74, 6) is 0.919. The van der Waals surface area contributed by atoms with E-state index in [0.29, 0.717) is 6.61 Å². The van der Waals surface area contributed by atoms with Crippen LogP contribution in [-0.4, -0.2) is 25.5 Å². The first kappa shape index (κ1) is 16.1. The predicted octanol–water partition coefficient (Wildman–Crippen LogP) is 4.52. The Kier molecular flexibility index (Phi) is 6.27. The van der Waals surface area contributed by atoms with Crippen molar-refractivity contribution in [1.82, 2.24) is 4.90 Å². The van der Waals surface area contributed by atoms with Crippen molar-refractivity contribution in [3.63, 3.8) is 0 Å². The van der Waals surface area contributed by atoms with Crippen LogP contribution >= 0.6 is 15.9 Å². The van der Waals surface area contributed by atoms with E-state index in [-0.39, 0.29) is 0 Å². The molecule has 21 heavy (non-hydrogen) atoms. The molecule has 2 aromatic rings. The number of aryl methyl sites for hydroxylation is 1. The van der Waals surface area contributed by atoms with Gasteiger partial charge in [0.05, 0.1) is 0 Å². The fourth-order valence-electron chi connectivity index (χ4n) is 2.13. The molecular formula is C18H22BrNO. The molecule has 0 atom stereocenters. The van der Waals surface area contributed by atoms with E-state index in [1.807, 2.05) is 18.2 Å². The first-order valence-electron chi connectivity index (χ1n) is 7.25. The number of hydrogen-bond acceptors (Lipinski definition) is 2. The van der Waals surface area contributed by atoms with Crippen molar-refractivity contribution >= 4 is 15.9 Å². The van der Waals surface area contributed by atoms with Gasteiger partial charge in [-0.15, -0.1) is 0 Å². The van der Waals surface area contributed by atoms with E-state index >= 15 is 0 Å². The fraction of sp³-hybridized carbons (Fsp3) is 0.333. The molecule has 0 unspecified atom stereocenters. The summed E-state index contributed by atoms with van der Waals surface area (Å²) < 4.78 is 6.92. The Labute approximate surface area is 135 Å². The summed E-state index contributed by atoms with van der Waals surface area (Å²) in [4.78, 5) is 2.22. The maximum absolute atomic E-state index is 5.83. The zero-order valence-corrected chi connectivity index (χ0v) is 14.3. The number of halogens is 1. The smallest absolute Gasteiger partial charge is 0.119 e. The predicted molar refractivity (Wildman–Crippen MR) is 91.8 cm³/mol. The van der Waals surface area contributed by atoms with E-state index in [0.717, 1.165) is 28.8 Å². The summed E-state index contributed by atoms with van der Waals surface area (Å²) >= 11 is 3.54. The van der Waals surface area contributed by atoms with E-state index in [2.05, 4.69) is 65.3 Å². The molecule has 112 valence electrons. The van der Waals surface area contributed by atoms with Crippen molar-refractivity contribution in [2.24, 2.45) is 0 Å². The molecule has 0 bridgehead atoms. The molecule has 3 heteroatoms. The molecule has 0 amide bonds. The van der Waals surface area contributed by atoms with E-state index in [9.17, 15) is 0 Å². The Morgan fingerprint density at radius 1 is 1.00 bits per heavy atom. The maximum Gasteiger partial charge on any atom is 0.119 e. The summed E-state index contributed by atoms with van der Waals surface area (Å²) in [5, 5.41) is 0. The molecule has 0 aliphatic rings. The zero-order chi connectivity index (χ0) is 15.1. The highest BCUT2D eigenvalue weighted by atomic mass is 79.9. The molecule has 0 aliphatic heterocycles. The second kappa shape index (κ2) is 8.20. The van der Waals surface area contributed by atoms with E-state index in [1.165, 1.54) is 12.0 Å². The standard InChI is InChI=1S/C18H22BrNO/c1-20(2)13-5-6-15-9-11-17(12-10-15)21-14-16-7-3-4-8-18(16)19/h3-4,7-12H,5-6,13-14H2,1-2H3. The van der Waals surface area contributed by atoms with E-state index in [1.54, 1.807) is 0 Å². The summed E-state index contributed by atoms with van der Waals surface area (Å²) in [6, 6.07) is 16.6. The molecule has 2 aromatic carbocycles. The van der Waals surface area contributed by atoms with Crippen LogP contribution in [0.5, 0.6) is 5.75 Å². The molecule has 0 heterocycles. The van der Waals surface area contributed by atoms with Gasteiger partial charge < -0.3 is 9.64 Å². The van der Waals surface area contributed by atoms with Gasteiger partial charge in [0.1, 0.15) is 12.4 Å². The topological polar surface area (TPSA) is 12.5 Å². The summed E-state index contributed by atoms with van der Waals surface area (Å²) in [5.41, 5.74) is 2.53. The Balaban J connectivity index is 1.84. The molecule has 0 spiro atoms. The second-order valence-electron chi connectivity index (χ2n) is 5.43. The monoisotopic (exact) mass is 347 g/mol. The van der Waals surface area contributed by atoms with Gasteiger partial charge in [-0.25, -0.2) is 0 Å². The van der Waals surface area contributed by atoms with Crippen molar-refractivity contribution in [3.05, 3.63) is 64.1 Å². The molecule has 2 nitrogen and oxygen atoms in total. The van der Waals surface area contributed by atoms with E-state index < -0.39 is 0 Å². The average Bonchev–Trinajstić information content (AvgIpc) is 2.47. The minimum absolute atomic E-state index is 0.585. The minimum Gasteiger partial charge on any atom is -0.489 e. The zero-order valence-electron chi connectivity index (χ0n) is 12.7. The third-order valence-corrected chi connectivity index (χ3v) is 4.12. The lowest BCUT2D eigenvalue weighted by molar-refractivity contribution is 0.305. The third-order valence-electron chi connectivity index (χ3n) is 3.35. The van der Waals surface area contributed by atoms with Crippen LogP contribution in [0.15, 0.2) is 53.0 Å². The molecule has 0 saturated heterocycles. The molecule has 0 radical (unpaired) electrons. The highest BCUT2D eigenvalue weighted by Gasteiger charge is 2.01. The Hall–Kier alpha value is -1.32. The number of benzene rings is 2. The van der Waals surface area contributed by atoms with Gasteiger partial charge in [0.2, 0.25) is 0 Å². The number of ether oxygens (including phenoxy) is 1. The van der Waals surface area contributed by atoms with Crippen molar-refractivity contribution in [3.8, 4) is 5.75 Å². The van der Waals surface area contributed by atoms with Gasteiger partial charge in [0.25, 0.3) is 0 Å². The van der Waals surface area contributed by atoms with Crippen molar-refractivity contribution in [1.29, 1.82) is 0 Å². The second-order valence-corrected chi connectivity index (χ2v) is 6.29. The highest BCUT2D eigenvalue weighted by Crippen LogP contribution is 2.19. The Morgan fingerprint density at radius 2 is 1.71 bits per heavy atom. The molecule has 2 rings (SSSR count). The lowest BCUT2D eigenvalue weighted by Gasteiger charge is -2.10. The SMILES string of the molecule is CN(C)CCCc1ccc(OCc2ccccc2Br)cc1. The van der Waals surface area contributed by atoms with Gasteiger partial charge in [-0.1, -0.05) is 46.3 Å². The molecular weight excluding hydrogens is 326 g/mol. The van der Waals surface area contributed by atoms with Crippen LogP contribution in [0.3, 0.4) is 0 Å². The molecule has 0 aliphatic carbocycles. The lowest BCUT2D eigenvalue weighted by atomic mass is 10.1. The number of nitrogens with zero attached hydrogens (tertiary/aromatic N) is 1. The van der Waals surface area contributed by atoms with Crippen molar-refractivity contribution in [2.75, 3.05) is 20.6 Å². The van der Waals surface area contributed by atoms with Crippen molar-refractivity contribution < 1.29 is 4.74 Å². The number of rotatable bonds is 7. The summed E-state index contributed by atoms with van der Waals surface area (Å²) in [6.07, 6.45) is 2.30. The molecule has 0 saturated carbocycles. The van der Waals surface area contributed by atoms with Crippen LogP contribution in [-0.2, 0) is 13.0 Å². The quantitative estimate of drug-likeness (QED) is 0.729. The Morgan fingerprint density at radius 3 is 2.38 bits per heavy atom. The maximum atomic E-state index is 5.83. The van der Waals surface area contributed by atoms with Gasteiger partial charge in [-0.2, -0.15) is 0 Å². The van der Waals surface area contributed by atoms with Crippen LogP contribution in [0.2, 0.25) is 0 Å². The van der Waals surface area contributed by atoms with Gasteiger partial charge in [0, 0.05) is 10.0 Å². The van der Waals surface area contributed by atoms with Gasteiger partial charge >= 0.3 is 0 Å². The molecule has 0 aromatic heterocycles. The Bertz CT molecular complexity index is 551.